The number of benzene rings is 2. The second kappa shape index (κ2) is 9.09. The van der Waals surface area contributed by atoms with Crippen molar-refractivity contribution in [1.29, 1.82) is 0 Å². The van der Waals surface area contributed by atoms with Crippen LogP contribution in [0.25, 0.3) is 0 Å². The first-order valence-corrected chi connectivity index (χ1v) is 9.41. The van der Waals surface area contributed by atoms with Gasteiger partial charge in [0.05, 0.1) is 12.6 Å². The van der Waals surface area contributed by atoms with Gasteiger partial charge in [-0.1, -0.05) is 56.6 Å². The predicted octanol–water partition coefficient (Wildman–Crippen LogP) is 5.67. The molecule has 0 radical (unpaired) electrons. The lowest BCUT2D eigenvalue weighted by Crippen LogP contribution is -2.26. The lowest BCUT2D eigenvalue weighted by atomic mass is 9.86. The molecule has 2 rings (SSSR count). The highest BCUT2D eigenvalue weighted by Gasteiger charge is 2.14. The van der Waals surface area contributed by atoms with Crippen molar-refractivity contribution in [2.24, 2.45) is 0 Å². The first-order chi connectivity index (χ1) is 12.3. The van der Waals surface area contributed by atoms with Crippen molar-refractivity contribution in [2.45, 2.75) is 52.0 Å². The fourth-order valence-corrected chi connectivity index (χ4v) is 2.75. The van der Waals surface area contributed by atoms with E-state index in [-0.39, 0.29) is 17.4 Å². The van der Waals surface area contributed by atoms with Crippen LogP contribution >= 0.6 is 11.6 Å². The molecule has 1 amide bonds. The van der Waals surface area contributed by atoms with E-state index in [1.165, 1.54) is 5.56 Å². The van der Waals surface area contributed by atoms with Gasteiger partial charge in [0.25, 0.3) is 0 Å². The molecule has 2 aromatic rings. The van der Waals surface area contributed by atoms with Gasteiger partial charge in [0.1, 0.15) is 5.75 Å². The van der Waals surface area contributed by atoms with E-state index in [0.717, 1.165) is 11.3 Å². The molecule has 2 aromatic carbocycles. The smallest absolute Gasteiger partial charge is 0.220 e. The summed E-state index contributed by atoms with van der Waals surface area (Å²) < 4.78 is 5.61. The molecule has 0 fully saturated rings. The number of halogens is 1. The Morgan fingerprint density at radius 2 is 1.69 bits per heavy atom. The van der Waals surface area contributed by atoms with Crippen molar-refractivity contribution in [3.63, 3.8) is 0 Å². The van der Waals surface area contributed by atoms with Crippen molar-refractivity contribution in [2.75, 3.05) is 6.61 Å². The molecule has 0 bridgehead atoms. The molecular formula is C22H28ClNO2. The van der Waals surface area contributed by atoms with Gasteiger partial charge in [-0.25, -0.2) is 0 Å². The van der Waals surface area contributed by atoms with Crippen LogP contribution in [-0.2, 0) is 10.2 Å². The quantitative estimate of drug-likeness (QED) is 0.634. The minimum atomic E-state index is -0.00583. The van der Waals surface area contributed by atoms with Gasteiger partial charge < -0.3 is 10.1 Å². The summed E-state index contributed by atoms with van der Waals surface area (Å²) >= 11 is 5.84. The number of hydrogen-bond donors (Lipinski definition) is 1. The van der Waals surface area contributed by atoms with Crippen LogP contribution in [0.3, 0.4) is 0 Å². The topological polar surface area (TPSA) is 38.3 Å². The summed E-state index contributed by atoms with van der Waals surface area (Å²) in [5, 5.41) is 3.73. The van der Waals surface area contributed by atoms with Crippen LogP contribution in [0.15, 0.2) is 48.5 Å². The van der Waals surface area contributed by atoms with Crippen LogP contribution in [0.1, 0.15) is 57.7 Å². The van der Waals surface area contributed by atoms with Crippen molar-refractivity contribution in [1.82, 2.24) is 5.32 Å². The molecule has 0 aliphatic carbocycles. The van der Waals surface area contributed by atoms with E-state index in [1.807, 2.05) is 19.1 Å². The molecule has 0 heterocycles. The number of hydrogen-bond acceptors (Lipinski definition) is 2. The third-order valence-electron chi connectivity index (χ3n) is 4.28. The maximum Gasteiger partial charge on any atom is 0.220 e. The summed E-state index contributed by atoms with van der Waals surface area (Å²) in [6.45, 7) is 9.09. The largest absolute Gasteiger partial charge is 0.494 e. The second-order valence-corrected chi connectivity index (χ2v) is 8.00. The van der Waals surface area contributed by atoms with Gasteiger partial charge in [0, 0.05) is 11.4 Å². The van der Waals surface area contributed by atoms with Crippen LogP contribution < -0.4 is 10.1 Å². The fraction of sp³-hybridized carbons (Fsp3) is 0.409. The van der Waals surface area contributed by atoms with Crippen molar-refractivity contribution >= 4 is 17.5 Å². The van der Waals surface area contributed by atoms with Crippen molar-refractivity contribution < 1.29 is 9.53 Å². The summed E-state index contributed by atoms with van der Waals surface area (Å²) in [5.41, 5.74) is 2.54. The Hall–Kier alpha value is -2.00. The minimum absolute atomic E-state index is 0.00583. The predicted molar refractivity (Wildman–Crippen MR) is 108 cm³/mol. The SMILES string of the molecule is C[C@H](NC(=O)CCCOc1ccc(Cl)cc1)c1ccc(C(C)(C)C)cc1. The first-order valence-electron chi connectivity index (χ1n) is 9.04. The number of rotatable bonds is 7. The van der Waals surface area contributed by atoms with E-state index < -0.39 is 0 Å². The Labute approximate surface area is 161 Å². The molecule has 0 spiro atoms. The molecule has 1 atom stereocenters. The Morgan fingerprint density at radius 3 is 2.27 bits per heavy atom. The standard InChI is InChI=1S/C22H28ClNO2/c1-16(17-7-9-18(10-8-17)22(2,3)4)24-21(25)6-5-15-26-20-13-11-19(23)12-14-20/h7-14,16H,5-6,15H2,1-4H3,(H,24,25)/t16-/m0/s1. The number of carbonyl (C=O) groups excluding carboxylic acids is 1. The average molecular weight is 374 g/mol. The summed E-state index contributed by atoms with van der Waals surface area (Å²) in [7, 11) is 0. The highest BCUT2D eigenvalue weighted by atomic mass is 35.5. The third-order valence-corrected chi connectivity index (χ3v) is 4.54. The Morgan fingerprint density at radius 1 is 1.08 bits per heavy atom. The van der Waals surface area contributed by atoms with Gasteiger partial charge in [0.2, 0.25) is 5.91 Å². The monoisotopic (exact) mass is 373 g/mol. The average Bonchev–Trinajstić information content (AvgIpc) is 2.59. The summed E-state index contributed by atoms with van der Waals surface area (Å²) in [6, 6.07) is 15.7. The zero-order chi connectivity index (χ0) is 19.2. The third kappa shape index (κ3) is 6.38. The van der Waals surface area contributed by atoms with Crippen molar-refractivity contribution in [3.05, 3.63) is 64.7 Å². The van der Waals surface area contributed by atoms with Gasteiger partial charge in [0.15, 0.2) is 0 Å². The highest BCUT2D eigenvalue weighted by Crippen LogP contribution is 2.24. The van der Waals surface area contributed by atoms with Gasteiger partial charge in [-0.05, 0) is 54.2 Å². The molecule has 0 saturated heterocycles. The Kier molecular flexibility index (Phi) is 7.10. The van der Waals surface area contributed by atoms with Crippen LogP contribution in [-0.4, -0.2) is 12.5 Å². The van der Waals surface area contributed by atoms with E-state index in [9.17, 15) is 4.79 Å². The van der Waals surface area contributed by atoms with Gasteiger partial charge in [-0.2, -0.15) is 0 Å². The summed E-state index contributed by atoms with van der Waals surface area (Å²) in [6.07, 6.45) is 1.11. The van der Waals surface area contributed by atoms with E-state index in [2.05, 4.69) is 50.4 Å². The van der Waals surface area contributed by atoms with E-state index in [4.69, 9.17) is 16.3 Å². The molecule has 0 aliphatic rings. The number of amides is 1. The number of nitrogens with one attached hydrogen (secondary N) is 1. The van der Waals surface area contributed by atoms with Crippen LogP contribution in [0.5, 0.6) is 5.75 Å². The van der Waals surface area contributed by atoms with Crippen LogP contribution in [0.4, 0.5) is 0 Å². The van der Waals surface area contributed by atoms with Crippen LogP contribution in [0, 0.1) is 0 Å². The summed E-state index contributed by atoms with van der Waals surface area (Å²) in [5.74, 6) is 0.805. The van der Waals surface area contributed by atoms with E-state index in [1.54, 1.807) is 12.1 Å². The van der Waals surface area contributed by atoms with E-state index in [0.29, 0.717) is 24.5 Å². The van der Waals surface area contributed by atoms with E-state index >= 15 is 0 Å². The molecule has 26 heavy (non-hydrogen) atoms. The minimum Gasteiger partial charge on any atom is -0.494 e. The molecule has 0 saturated carbocycles. The van der Waals surface area contributed by atoms with Gasteiger partial charge in [-0.15, -0.1) is 0 Å². The highest BCUT2D eigenvalue weighted by molar-refractivity contribution is 6.30. The van der Waals surface area contributed by atoms with Gasteiger partial charge >= 0.3 is 0 Å². The zero-order valence-corrected chi connectivity index (χ0v) is 16.8. The second-order valence-electron chi connectivity index (χ2n) is 7.57. The Bertz CT molecular complexity index is 702. The number of carbonyl (C=O) groups is 1. The fourth-order valence-electron chi connectivity index (χ4n) is 2.62. The lowest BCUT2D eigenvalue weighted by molar-refractivity contribution is -0.121. The molecule has 0 aliphatic heterocycles. The lowest BCUT2D eigenvalue weighted by Gasteiger charge is -2.20. The molecule has 3 nitrogen and oxygen atoms in total. The summed E-state index contributed by atoms with van der Waals surface area (Å²) in [4.78, 5) is 12.1. The normalized spacial score (nSPS) is 12.5. The number of ether oxygens (including phenoxy) is 1. The molecule has 0 aromatic heterocycles. The first kappa shape index (κ1) is 20.3. The molecule has 1 N–H and O–H groups in total. The molecule has 140 valence electrons. The zero-order valence-electron chi connectivity index (χ0n) is 16.0. The molecule has 4 heteroatoms. The Balaban J connectivity index is 1.73. The maximum atomic E-state index is 12.1. The molecular weight excluding hydrogens is 346 g/mol. The van der Waals surface area contributed by atoms with Crippen LogP contribution in [0.2, 0.25) is 5.02 Å². The maximum absolute atomic E-state index is 12.1. The van der Waals surface area contributed by atoms with Crippen molar-refractivity contribution in [3.8, 4) is 5.75 Å². The van der Waals surface area contributed by atoms with Gasteiger partial charge in [-0.3, -0.25) is 4.79 Å². The molecule has 0 unspecified atom stereocenters.